The lowest BCUT2D eigenvalue weighted by atomic mass is 10.3. The molecule has 0 N–H and O–H groups in total. The van der Waals surface area contributed by atoms with Crippen molar-refractivity contribution in [3.8, 4) is 0 Å². The SMILES string of the molecule is CC(C)(C)Sc1cc(C(F)(F)F)nc(Cl)n1. The Morgan fingerprint density at radius 2 is 1.75 bits per heavy atom. The zero-order valence-corrected chi connectivity index (χ0v) is 10.5. The number of hydrogen-bond donors (Lipinski definition) is 0. The molecular formula is C9H10ClF3N2S. The molecule has 0 aliphatic heterocycles. The van der Waals surface area contributed by atoms with Crippen LogP contribution in [0.5, 0.6) is 0 Å². The van der Waals surface area contributed by atoms with Crippen LogP contribution < -0.4 is 0 Å². The van der Waals surface area contributed by atoms with Crippen molar-refractivity contribution in [2.75, 3.05) is 0 Å². The Morgan fingerprint density at radius 1 is 1.19 bits per heavy atom. The number of halogens is 4. The summed E-state index contributed by atoms with van der Waals surface area (Å²) in [6.45, 7) is 5.63. The first-order valence-electron chi connectivity index (χ1n) is 4.39. The Morgan fingerprint density at radius 3 is 2.19 bits per heavy atom. The number of rotatable bonds is 1. The summed E-state index contributed by atoms with van der Waals surface area (Å²) in [6, 6.07) is 0.905. The minimum absolute atomic E-state index is 0.222. The summed E-state index contributed by atoms with van der Waals surface area (Å²) in [5, 5.41) is -0.165. The van der Waals surface area contributed by atoms with Gasteiger partial charge in [-0.15, -0.1) is 11.8 Å². The zero-order chi connectivity index (χ0) is 12.6. The first-order valence-corrected chi connectivity index (χ1v) is 5.58. The molecule has 0 aliphatic rings. The smallest absolute Gasteiger partial charge is 0.213 e. The normalized spacial score (nSPS) is 12.9. The highest BCUT2D eigenvalue weighted by molar-refractivity contribution is 8.00. The van der Waals surface area contributed by atoms with E-state index in [1.165, 1.54) is 11.8 Å². The fourth-order valence-electron chi connectivity index (χ4n) is 0.908. The molecule has 0 bridgehead atoms. The van der Waals surface area contributed by atoms with Gasteiger partial charge in [0.25, 0.3) is 0 Å². The second-order valence-corrected chi connectivity index (χ2v) is 6.26. The van der Waals surface area contributed by atoms with Crippen LogP contribution in [0, 0.1) is 0 Å². The summed E-state index contributed by atoms with van der Waals surface area (Å²) in [5.41, 5.74) is -1.01. The molecule has 0 aliphatic carbocycles. The van der Waals surface area contributed by atoms with Crippen LogP contribution >= 0.6 is 23.4 Å². The maximum atomic E-state index is 12.4. The Kier molecular flexibility index (Phi) is 3.74. The highest BCUT2D eigenvalue weighted by Crippen LogP contribution is 2.35. The van der Waals surface area contributed by atoms with Gasteiger partial charge in [0, 0.05) is 10.8 Å². The van der Waals surface area contributed by atoms with Crippen LogP contribution in [-0.4, -0.2) is 14.7 Å². The Balaban J connectivity index is 3.09. The molecule has 1 heterocycles. The van der Waals surface area contributed by atoms with Crippen molar-refractivity contribution in [2.24, 2.45) is 0 Å². The monoisotopic (exact) mass is 270 g/mol. The van der Waals surface area contributed by atoms with E-state index in [4.69, 9.17) is 11.6 Å². The van der Waals surface area contributed by atoms with Gasteiger partial charge in [-0.1, -0.05) is 20.8 Å². The minimum Gasteiger partial charge on any atom is -0.213 e. The number of alkyl halides is 3. The molecule has 16 heavy (non-hydrogen) atoms. The Labute approximate surface area is 101 Å². The van der Waals surface area contributed by atoms with Crippen LogP contribution in [0.15, 0.2) is 11.1 Å². The van der Waals surface area contributed by atoms with Crippen molar-refractivity contribution in [3.63, 3.8) is 0 Å². The van der Waals surface area contributed by atoms with E-state index >= 15 is 0 Å². The number of thioether (sulfide) groups is 1. The van der Waals surface area contributed by atoms with Gasteiger partial charge in [0.15, 0.2) is 5.69 Å². The van der Waals surface area contributed by atoms with Crippen LogP contribution in [-0.2, 0) is 6.18 Å². The maximum Gasteiger partial charge on any atom is 0.433 e. The Bertz CT molecular complexity index is 387. The van der Waals surface area contributed by atoms with Gasteiger partial charge in [-0.3, -0.25) is 0 Å². The van der Waals surface area contributed by atoms with Gasteiger partial charge < -0.3 is 0 Å². The summed E-state index contributed by atoms with van der Waals surface area (Å²) in [7, 11) is 0. The molecule has 1 aromatic heterocycles. The maximum absolute atomic E-state index is 12.4. The lowest BCUT2D eigenvalue weighted by Gasteiger charge is -2.17. The van der Waals surface area contributed by atoms with Crippen LogP contribution in [0.1, 0.15) is 26.5 Å². The van der Waals surface area contributed by atoms with E-state index in [1.807, 2.05) is 20.8 Å². The standard InChI is InChI=1S/C9H10ClF3N2S/c1-8(2,3)16-6-4-5(9(11,12)13)14-7(10)15-6/h4H,1-3H3. The summed E-state index contributed by atoms with van der Waals surface area (Å²) >= 11 is 6.66. The third kappa shape index (κ3) is 4.17. The molecule has 0 spiro atoms. The summed E-state index contributed by atoms with van der Waals surface area (Å²) in [6.07, 6.45) is -4.50. The highest BCUT2D eigenvalue weighted by Gasteiger charge is 2.34. The number of aromatic nitrogens is 2. The van der Waals surface area contributed by atoms with Gasteiger partial charge in [-0.25, -0.2) is 9.97 Å². The quantitative estimate of drug-likeness (QED) is 0.438. The average Bonchev–Trinajstić information content (AvgIpc) is 1.97. The van der Waals surface area contributed by atoms with E-state index in [-0.39, 0.29) is 15.1 Å². The summed E-state index contributed by atoms with van der Waals surface area (Å²) in [5.74, 6) is 0. The van der Waals surface area contributed by atoms with Gasteiger partial charge in [-0.2, -0.15) is 13.2 Å². The first kappa shape index (κ1) is 13.6. The van der Waals surface area contributed by atoms with E-state index < -0.39 is 11.9 Å². The van der Waals surface area contributed by atoms with E-state index in [1.54, 1.807) is 0 Å². The summed E-state index contributed by atoms with van der Waals surface area (Å²) in [4.78, 5) is 6.90. The third-order valence-corrected chi connectivity index (χ3v) is 2.58. The molecule has 0 saturated heterocycles. The van der Waals surface area contributed by atoms with Crippen LogP contribution in [0.4, 0.5) is 13.2 Å². The summed E-state index contributed by atoms with van der Waals surface area (Å²) < 4.78 is 37.0. The minimum atomic E-state index is -4.50. The van der Waals surface area contributed by atoms with Crippen molar-refractivity contribution in [2.45, 2.75) is 36.7 Å². The van der Waals surface area contributed by atoms with E-state index in [2.05, 4.69) is 9.97 Å². The average molecular weight is 271 g/mol. The molecule has 0 atom stereocenters. The predicted molar refractivity (Wildman–Crippen MR) is 57.7 cm³/mol. The molecule has 1 aromatic rings. The third-order valence-electron chi connectivity index (χ3n) is 1.38. The Hall–Kier alpha value is -0.490. The van der Waals surface area contributed by atoms with E-state index in [0.717, 1.165) is 6.07 Å². The fraction of sp³-hybridized carbons (Fsp3) is 0.556. The molecule has 1 rings (SSSR count). The van der Waals surface area contributed by atoms with Crippen molar-refractivity contribution < 1.29 is 13.2 Å². The van der Waals surface area contributed by atoms with Crippen LogP contribution in [0.3, 0.4) is 0 Å². The van der Waals surface area contributed by atoms with Crippen molar-refractivity contribution in [1.82, 2.24) is 9.97 Å². The second kappa shape index (κ2) is 4.41. The van der Waals surface area contributed by atoms with Crippen molar-refractivity contribution in [1.29, 1.82) is 0 Å². The lowest BCUT2D eigenvalue weighted by molar-refractivity contribution is -0.141. The van der Waals surface area contributed by atoms with Gasteiger partial charge in [-0.05, 0) is 11.6 Å². The van der Waals surface area contributed by atoms with Crippen molar-refractivity contribution >= 4 is 23.4 Å². The predicted octanol–water partition coefficient (Wildman–Crippen LogP) is 4.04. The topological polar surface area (TPSA) is 25.8 Å². The number of hydrogen-bond acceptors (Lipinski definition) is 3. The molecule has 0 unspecified atom stereocenters. The van der Waals surface area contributed by atoms with Gasteiger partial charge in [0.2, 0.25) is 5.28 Å². The molecule has 0 radical (unpaired) electrons. The molecule has 90 valence electrons. The molecule has 0 fully saturated rings. The van der Waals surface area contributed by atoms with E-state index in [0.29, 0.717) is 0 Å². The van der Waals surface area contributed by atoms with Gasteiger partial charge in [0.05, 0.1) is 0 Å². The van der Waals surface area contributed by atoms with Gasteiger partial charge >= 0.3 is 6.18 Å². The van der Waals surface area contributed by atoms with Gasteiger partial charge in [0.1, 0.15) is 5.03 Å². The highest BCUT2D eigenvalue weighted by atomic mass is 35.5. The molecule has 0 saturated carbocycles. The van der Waals surface area contributed by atoms with Crippen molar-refractivity contribution in [3.05, 3.63) is 17.0 Å². The van der Waals surface area contributed by atoms with E-state index in [9.17, 15) is 13.2 Å². The zero-order valence-electron chi connectivity index (χ0n) is 8.89. The fourth-order valence-corrected chi connectivity index (χ4v) is 2.07. The molecular weight excluding hydrogens is 261 g/mol. The lowest BCUT2D eigenvalue weighted by Crippen LogP contribution is -2.11. The molecule has 0 amide bonds. The number of nitrogens with zero attached hydrogens (tertiary/aromatic N) is 2. The molecule has 0 aromatic carbocycles. The molecule has 2 nitrogen and oxygen atoms in total. The first-order chi connectivity index (χ1) is 7.08. The van der Waals surface area contributed by atoms with Crippen LogP contribution in [0.2, 0.25) is 5.28 Å². The van der Waals surface area contributed by atoms with Crippen LogP contribution in [0.25, 0.3) is 0 Å². The largest absolute Gasteiger partial charge is 0.433 e. The second-order valence-electron chi connectivity index (χ2n) is 4.07. The molecule has 7 heteroatoms.